The fourth-order valence-electron chi connectivity index (χ4n) is 4.48. The second-order valence-corrected chi connectivity index (χ2v) is 8.43. The van der Waals surface area contributed by atoms with Crippen LogP contribution in [-0.4, -0.2) is 43.6 Å². The van der Waals surface area contributed by atoms with Crippen LogP contribution in [0.4, 0.5) is 5.69 Å². The lowest BCUT2D eigenvalue weighted by molar-refractivity contribution is -0.133. The summed E-state index contributed by atoms with van der Waals surface area (Å²) in [6, 6.07) is 13.2. The summed E-state index contributed by atoms with van der Waals surface area (Å²) in [5.74, 6) is 0.473. The van der Waals surface area contributed by atoms with E-state index in [4.69, 9.17) is 20.8 Å². The molecule has 2 aromatic carbocycles. The highest BCUT2D eigenvalue weighted by Gasteiger charge is 2.23. The molecule has 5 rings (SSSR count). The Labute approximate surface area is 185 Å². The van der Waals surface area contributed by atoms with Crippen LogP contribution in [0.1, 0.15) is 17.5 Å². The van der Waals surface area contributed by atoms with Gasteiger partial charge in [0.1, 0.15) is 11.3 Å². The molecule has 1 fully saturated rings. The van der Waals surface area contributed by atoms with Crippen LogP contribution in [0.25, 0.3) is 11.0 Å². The Bertz CT molecular complexity index is 1200. The monoisotopic (exact) mass is 438 g/mol. The Balaban J connectivity index is 1.21. The zero-order valence-corrected chi connectivity index (χ0v) is 17.9. The Morgan fingerprint density at radius 1 is 1.03 bits per heavy atom. The molecule has 7 heteroatoms. The van der Waals surface area contributed by atoms with Gasteiger partial charge in [-0.05, 0) is 55.2 Å². The number of carbonyl (C=O) groups is 1. The Morgan fingerprint density at radius 2 is 1.84 bits per heavy atom. The van der Waals surface area contributed by atoms with Gasteiger partial charge in [0.25, 0.3) is 5.91 Å². The summed E-state index contributed by atoms with van der Waals surface area (Å²) in [5.41, 5.74) is 3.22. The number of ether oxygens (including phenoxy) is 1. The van der Waals surface area contributed by atoms with Crippen LogP contribution < -0.4 is 15.3 Å². The van der Waals surface area contributed by atoms with E-state index in [-0.39, 0.29) is 18.1 Å². The molecule has 2 heterocycles. The number of benzene rings is 2. The number of anilines is 1. The third kappa shape index (κ3) is 4.00. The van der Waals surface area contributed by atoms with Crippen LogP contribution in [0.5, 0.6) is 5.75 Å². The number of piperazine rings is 1. The number of amides is 1. The smallest absolute Gasteiger partial charge is 0.339 e. The maximum absolute atomic E-state index is 12.6. The highest BCUT2D eigenvalue weighted by Crippen LogP contribution is 2.29. The Morgan fingerprint density at radius 3 is 2.65 bits per heavy atom. The van der Waals surface area contributed by atoms with E-state index in [0.717, 1.165) is 54.6 Å². The van der Waals surface area contributed by atoms with Crippen molar-refractivity contribution in [3.05, 3.63) is 69.0 Å². The van der Waals surface area contributed by atoms with Crippen molar-refractivity contribution < 1.29 is 13.9 Å². The van der Waals surface area contributed by atoms with E-state index in [1.54, 1.807) is 6.07 Å². The summed E-state index contributed by atoms with van der Waals surface area (Å²) in [4.78, 5) is 28.8. The quantitative estimate of drug-likeness (QED) is 0.582. The molecule has 0 atom stereocenters. The van der Waals surface area contributed by atoms with Gasteiger partial charge in [-0.1, -0.05) is 17.7 Å². The SMILES string of the molecule is O=C(COc1ccc2c3c(c(=O)oc2c1)CCC3)N1CCN(c2cccc(Cl)c2)CC1. The van der Waals surface area contributed by atoms with Crippen molar-refractivity contribution in [3.8, 4) is 5.75 Å². The lowest BCUT2D eigenvalue weighted by atomic mass is 10.1. The standard InChI is InChI=1S/C24H23ClN2O4/c25-16-3-1-4-17(13-16)26-9-11-27(12-10-26)23(28)15-30-18-7-8-20-19-5-2-6-21(19)24(29)31-22(20)14-18/h1,3-4,7-8,13-14H,2,5-6,9-12,15H2. The maximum atomic E-state index is 12.6. The molecule has 1 amide bonds. The van der Waals surface area contributed by atoms with Crippen LogP contribution >= 0.6 is 11.6 Å². The van der Waals surface area contributed by atoms with Crippen molar-refractivity contribution in [2.75, 3.05) is 37.7 Å². The second kappa shape index (κ2) is 8.27. The molecule has 2 aliphatic rings. The number of hydrogen-bond acceptors (Lipinski definition) is 5. The van der Waals surface area contributed by atoms with Crippen LogP contribution in [0.15, 0.2) is 51.7 Å². The third-order valence-corrected chi connectivity index (χ3v) is 6.35. The van der Waals surface area contributed by atoms with E-state index in [1.807, 2.05) is 41.3 Å². The lowest BCUT2D eigenvalue weighted by Gasteiger charge is -2.36. The van der Waals surface area contributed by atoms with Crippen LogP contribution in [0.2, 0.25) is 5.02 Å². The first kappa shape index (κ1) is 19.9. The molecule has 1 aromatic heterocycles. The van der Waals surface area contributed by atoms with E-state index in [1.165, 1.54) is 0 Å². The molecule has 0 radical (unpaired) electrons. The van der Waals surface area contributed by atoms with E-state index >= 15 is 0 Å². The summed E-state index contributed by atoms with van der Waals surface area (Å²) in [6.07, 6.45) is 2.67. The average Bonchev–Trinajstić information content (AvgIpc) is 3.28. The lowest BCUT2D eigenvalue weighted by Crippen LogP contribution is -2.50. The van der Waals surface area contributed by atoms with Gasteiger partial charge in [-0.25, -0.2) is 4.79 Å². The minimum Gasteiger partial charge on any atom is -0.484 e. The molecule has 3 aromatic rings. The molecule has 0 spiro atoms. The van der Waals surface area contributed by atoms with E-state index in [2.05, 4.69) is 4.90 Å². The van der Waals surface area contributed by atoms with Gasteiger partial charge in [-0.3, -0.25) is 4.79 Å². The van der Waals surface area contributed by atoms with Gasteiger partial charge in [0, 0.05) is 53.9 Å². The Kier molecular flexibility index (Phi) is 5.32. The maximum Gasteiger partial charge on any atom is 0.339 e. The molecule has 1 saturated heterocycles. The first-order valence-corrected chi connectivity index (χ1v) is 11.0. The van der Waals surface area contributed by atoms with E-state index in [9.17, 15) is 9.59 Å². The number of aryl methyl sites for hydroxylation is 1. The predicted octanol–water partition coefficient (Wildman–Crippen LogP) is 3.66. The normalized spacial score (nSPS) is 15.9. The van der Waals surface area contributed by atoms with Crippen LogP contribution in [0, 0.1) is 0 Å². The molecule has 31 heavy (non-hydrogen) atoms. The van der Waals surface area contributed by atoms with Gasteiger partial charge < -0.3 is 19.0 Å². The Hall–Kier alpha value is -2.99. The van der Waals surface area contributed by atoms with Crippen molar-refractivity contribution >= 4 is 34.2 Å². The summed E-state index contributed by atoms with van der Waals surface area (Å²) < 4.78 is 11.2. The van der Waals surface area contributed by atoms with Crippen molar-refractivity contribution in [1.82, 2.24) is 4.90 Å². The molecule has 160 valence electrons. The molecule has 0 bridgehead atoms. The molecule has 0 unspecified atom stereocenters. The summed E-state index contributed by atoms with van der Waals surface area (Å²) in [7, 11) is 0. The van der Waals surface area contributed by atoms with Gasteiger partial charge in [0.05, 0.1) is 0 Å². The highest BCUT2D eigenvalue weighted by molar-refractivity contribution is 6.30. The molecular weight excluding hydrogens is 416 g/mol. The average molecular weight is 439 g/mol. The number of nitrogens with zero attached hydrogens (tertiary/aromatic N) is 2. The number of fused-ring (bicyclic) bond motifs is 3. The molecule has 1 aliphatic heterocycles. The second-order valence-electron chi connectivity index (χ2n) is 7.99. The first-order chi connectivity index (χ1) is 15.1. The summed E-state index contributed by atoms with van der Waals surface area (Å²) in [5, 5.41) is 1.67. The zero-order valence-electron chi connectivity index (χ0n) is 17.1. The molecular formula is C24H23ClN2O4. The van der Waals surface area contributed by atoms with Crippen molar-refractivity contribution in [1.29, 1.82) is 0 Å². The minimum atomic E-state index is -0.259. The summed E-state index contributed by atoms with van der Waals surface area (Å²) >= 11 is 6.08. The van der Waals surface area contributed by atoms with Crippen molar-refractivity contribution in [2.45, 2.75) is 19.3 Å². The van der Waals surface area contributed by atoms with Crippen LogP contribution in [-0.2, 0) is 17.6 Å². The third-order valence-electron chi connectivity index (χ3n) is 6.11. The molecule has 1 aliphatic carbocycles. The van der Waals surface area contributed by atoms with E-state index in [0.29, 0.717) is 29.4 Å². The summed E-state index contributed by atoms with van der Waals surface area (Å²) in [6.45, 7) is 2.72. The van der Waals surface area contributed by atoms with Gasteiger partial charge >= 0.3 is 5.63 Å². The van der Waals surface area contributed by atoms with Crippen molar-refractivity contribution in [3.63, 3.8) is 0 Å². The van der Waals surface area contributed by atoms with Gasteiger partial charge in [-0.15, -0.1) is 0 Å². The zero-order chi connectivity index (χ0) is 21.4. The topological polar surface area (TPSA) is 63.0 Å². The molecule has 0 N–H and O–H groups in total. The number of halogens is 1. The number of rotatable bonds is 4. The number of hydrogen-bond donors (Lipinski definition) is 0. The molecule has 0 saturated carbocycles. The molecule has 6 nitrogen and oxygen atoms in total. The number of carbonyl (C=O) groups excluding carboxylic acids is 1. The largest absolute Gasteiger partial charge is 0.484 e. The van der Waals surface area contributed by atoms with Crippen molar-refractivity contribution in [2.24, 2.45) is 0 Å². The fraction of sp³-hybridized carbons (Fsp3) is 0.333. The first-order valence-electron chi connectivity index (χ1n) is 10.6. The van der Waals surface area contributed by atoms with Gasteiger partial charge in [0.15, 0.2) is 6.61 Å². The highest BCUT2D eigenvalue weighted by atomic mass is 35.5. The van der Waals surface area contributed by atoms with E-state index < -0.39 is 0 Å². The predicted molar refractivity (Wildman–Crippen MR) is 120 cm³/mol. The van der Waals surface area contributed by atoms with Gasteiger partial charge in [0.2, 0.25) is 0 Å². The minimum absolute atomic E-state index is 0.0438. The van der Waals surface area contributed by atoms with Crippen LogP contribution in [0.3, 0.4) is 0 Å². The fourth-order valence-corrected chi connectivity index (χ4v) is 4.66. The van der Waals surface area contributed by atoms with Gasteiger partial charge in [-0.2, -0.15) is 0 Å².